The minimum Gasteiger partial charge on any atom is -0.474 e. The van der Waals surface area contributed by atoms with Crippen molar-refractivity contribution in [2.75, 3.05) is 19.6 Å². The van der Waals surface area contributed by atoms with Crippen LogP contribution in [0.4, 0.5) is 26.3 Å². The largest absolute Gasteiger partial charge is 0.474 e. The summed E-state index contributed by atoms with van der Waals surface area (Å²) >= 11 is 0.418. The molecule has 0 bridgehead atoms. The van der Waals surface area contributed by atoms with Gasteiger partial charge in [-0.05, 0) is 55.2 Å². The Hall–Kier alpha value is -4.47. The van der Waals surface area contributed by atoms with Crippen LogP contribution < -0.4 is 4.74 Å². The maximum Gasteiger partial charge on any atom is 0.425 e. The number of hydrogen-bond acceptors (Lipinski definition) is 7. The highest BCUT2D eigenvalue weighted by Gasteiger charge is 2.56. The van der Waals surface area contributed by atoms with Gasteiger partial charge in [0.2, 0.25) is 5.60 Å². The molecule has 2 saturated heterocycles. The Morgan fingerprint density at radius 3 is 2.48 bits per heavy atom. The van der Waals surface area contributed by atoms with Crippen LogP contribution in [-0.2, 0) is 30.0 Å². The van der Waals surface area contributed by atoms with E-state index in [0.29, 0.717) is 50.1 Å². The molecule has 2 fully saturated rings. The molecule has 278 valence electrons. The van der Waals surface area contributed by atoms with Crippen molar-refractivity contribution in [3.05, 3.63) is 93.5 Å². The van der Waals surface area contributed by atoms with Gasteiger partial charge in [0.15, 0.2) is 0 Å². The van der Waals surface area contributed by atoms with Crippen LogP contribution in [0.5, 0.6) is 5.75 Å². The van der Waals surface area contributed by atoms with Gasteiger partial charge in [-0.2, -0.15) is 26.3 Å². The van der Waals surface area contributed by atoms with Crippen LogP contribution in [0.1, 0.15) is 89.1 Å². The summed E-state index contributed by atoms with van der Waals surface area (Å²) in [6.45, 7) is 2.46. The fourth-order valence-electron chi connectivity index (χ4n) is 7.53. The van der Waals surface area contributed by atoms with Crippen LogP contribution >= 0.6 is 11.3 Å². The Kier molecular flexibility index (Phi) is 10.9. The first-order valence-corrected chi connectivity index (χ1v) is 18.1. The van der Waals surface area contributed by atoms with E-state index in [1.165, 1.54) is 16.6 Å². The molecule has 6 rings (SSSR count). The highest BCUT2D eigenvalue weighted by Crippen LogP contribution is 2.43. The lowest BCUT2D eigenvalue weighted by atomic mass is 9.78. The van der Waals surface area contributed by atoms with Gasteiger partial charge in [0.05, 0.1) is 17.2 Å². The lowest BCUT2D eigenvalue weighted by Gasteiger charge is -2.50. The van der Waals surface area contributed by atoms with E-state index in [2.05, 4.69) is 32.3 Å². The zero-order valence-corrected chi connectivity index (χ0v) is 29.2. The molecule has 4 aromatic rings. The second-order valence-corrected chi connectivity index (χ2v) is 14.1. The Labute approximate surface area is 300 Å². The summed E-state index contributed by atoms with van der Waals surface area (Å²) in [6, 6.07) is 8.57. The van der Waals surface area contributed by atoms with E-state index in [1.807, 2.05) is 12.1 Å². The van der Waals surface area contributed by atoms with Gasteiger partial charge in [-0.1, -0.05) is 37.6 Å². The number of rotatable bonds is 10. The van der Waals surface area contributed by atoms with E-state index >= 15 is 0 Å². The molecule has 9 nitrogen and oxygen atoms in total. The predicted octanol–water partition coefficient (Wildman–Crippen LogP) is 7.71. The molecule has 3 aromatic heterocycles. The molecule has 0 spiro atoms. The highest BCUT2D eigenvalue weighted by molar-refractivity contribution is 7.10. The van der Waals surface area contributed by atoms with Crippen molar-refractivity contribution < 1.29 is 40.7 Å². The van der Waals surface area contributed by atoms with E-state index in [9.17, 15) is 35.9 Å². The SMILES string of the molecule is CCC[C@H]1N(C(=O)c2cnccc2C(F)(F)F)CCC[C@@]1(Oc1csc(C(F)(F)F)c1)C(=O)N1CCC(c2ccccc2CCc2nnc[nH]2)CC1. The molecule has 1 N–H and O–H groups in total. The van der Waals surface area contributed by atoms with Gasteiger partial charge in [0.25, 0.3) is 11.8 Å². The minimum atomic E-state index is -4.85. The zero-order chi connectivity index (χ0) is 37.1. The lowest BCUT2D eigenvalue weighted by Crippen LogP contribution is -2.68. The highest BCUT2D eigenvalue weighted by atomic mass is 32.1. The van der Waals surface area contributed by atoms with E-state index in [0.717, 1.165) is 47.9 Å². The van der Waals surface area contributed by atoms with Crippen LogP contribution in [0.2, 0.25) is 0 Å². The van der Waals surface area contributed by atoms with Gasteiger partial charge >= 0.3 is 12.4 Å². The summed E-state index contributed by atoms with van der Waals surface area (Å²) in [5.41, 5.74) is -1.37. The molecule has 0 unspecified atom stereocenters. The third kappa shape index (κ3) is 7.81. The number of amides is 2. The number of benzene rings is 1. The number of nitrogens with one attached hydrogen (secondary N) is 1. The van der Waals surface area contributed by atoms with Crippen molar-refractivity contribution >= 4 is 23.2 Å². The van der Waals surface area contributed by atoms with Crippen molar-refractivity contribution in [3.63, 3.8) is 0 Å². The molecule has 5 heterocycles. The molecular formula is C36H38F6N6O3S. The second kappa shape index (κ2) is 15.2. The van der Waals surface area contributed by atoms with E-state index in [1.54, 1.807) is 11.8 Å². The Bertz CT molecular complexity index is 1840. The molecule has 2 atom stereocenters. The van der Waals surface area contributed by atoms with Gasteiger partial charge in [-0.25, -0.2) is 0 Å². The fourth-order valence-corrected chi connectivity index (χ4v) is 8.21. The molecule has 0 aliphatic carbocycles. The van der Waals surface area contributed by atoms with Crippen molar-refractivity contribution in [1.29, 1.82) is 0 Å². The molecule has 0 radical (unpaired) electrons. The van der Waals surface area contributed by atoms with Crippen LogP contribution in [0.25, 0.3) is 0 Å². The van der Waals surface area contributed by atoms with E-state index in [4.69, 9.17) is 4.74 Å². The summed E-state index contributed by atoms with van der Waals surface area (Å²) in [5, 5.41) is 9.08. The summed E-state index contributed by atoms with van der Waals surface area (Å²) in [4.78, 5) is 37.6. The van der Waals surface area contributed by atoms with E-state index < -0.39 is 51.8 Å². The predicted molar refractivity (Wildman–Crippen MR) is 180 cm³/mol. The Morgan fingerprint density at radius 2 is 1.81 bits per heavy atom. The molecule has 0 saturated carbocycles. The molecular weight excluding hydrogens is 710 g/mol. The number of thiophene rings is 1. The topological polar surface area (TPSA) is 104 Å². The zero-order valence-electron chi connectivity index (χ0n) is 28.3. The van der Waals surface area contributed by atoms with Gasteiger partial charge in [-0.15, -0.1) is 21.5 Å². The number of H-pyrrole nitrogens is 1. The number of alkyl halides is 6. The average molecular weight is 749 g/mol. The number of likely N-dealkylation sites (tertiary alicyclic amines) is 2. The first kappa shape index (κ1) is 37.3. The molecule has 2 amide bonds. The van der Waals surface area contributed by atoms with Crippen LogP contribution in [0.15, 0.2) is 60.5 Å². The molecule has 1 aromatic carbocycles. The first-order valence-electron chi connectivity index (χ1n) is 17.2. The van der Waals surface area contributed by atoms with Crippen molar-refractivity contribution in [2.45, 2.75) is 88.2 Å². The number of carbonyl (C=O) groups is 2. The quantitative estimate of drug-likeness (QED) is 0.167. The summed E-state index contributed by atoms with van der Waals surface area (Å²) in [7, 11) is 0. The number of ether oxygens (including phenoxy) is 1. The van der Waals surface area contributed by atoms with Crippen molar-refractivity contribution in [1.82, 2.24) is 30.0 Å². The standard InChI is InChI=1S/C36H38F6N6O3S/c1-2-6-29-34(51-25-19-30(52-21-25)36(40,41)42,14-5-16-48(29)32(49)27-20-43-15-11-28(27)35(37,38)39)33(50)47-17-12-24(13-18-47)26-8-4-3-7-23(26)9-10-31-44-22-45-46-31/h3-4,7-8,11,15,19-22,24,29H,2,5-6,9-10,12-14,16-18H2,1H3,(H,44,45,46)/t29-,34+/m1/s1. The van der Waals surface area contributed by atoms with Crippen molar-refractivity contribution in [2.24, 2.45) is 0 Å². The number of aromatic nitrogens is 4. The summed E-state index contributed by atoms with van der Waals surface area (Å²) < 4.78 is 89.5. The number of hydrogen-bond donors (Lipinski definition) is 1. The minimum absolute atomic E-state index is 0.0262. The first-order chi connectivity index (χ1) is 24.8. The van der Waals surface area contributed by atoms with Gasteiger partial charge in [0, 0.05) is 56.3 Å². The molecule has 2 aliphatic heterocycles. The van der Waals surface area contributed by atoms with Crippen LogP contribution in [0.3, 0.4) is 0 Å². The Balaban J connectivity index is 1.30. The number of nitrogens with zero attached hydrogens (tertiary/aromatic N) is 5. The van der Waals surface area contributed by atoms with Crippen LogP contribution in [-0.4, -0.2) is 73.1 Å². The normalized spacial score (nSPS) is 20.2. The van der Waals surface area contributed by atoms with E-state index in [-0.39, 0.29) is 37.5 Å². The number of aromatic amines is 1. The smallest absolute Gasteiger partial charge is 0.425 e. The van der Waals surface area contributed by atoms with Crippen LogP contribution in [0, 0.1) is 0 Å². The second-order valence-electron chi connectivity index (χ2n) is 13.2. The maximum atomic E-state index is 14.9. The molecule has 2 aliphatic rings. The third-order valence-corrected chi connectivity index (χ3v) is 10.9. The average Bonchev–Trinajstić information content (AvgIpc) is 3.84. The molecule has 16 heteroatoms. The van der Waals surface area contributed by atoms with Gasteiger partial charge in [-0.3, -0.25) is 14.6 Å². The third-order valence-electron chi connectivity index (χ3n) is 9.93. The summed E-state index contributed by atoms with van der Waals surface area (Å²) in [5.74, 6) is -0.758. The number of piperidine rings is 2. The van der Waals surface area contributed by atoms with Gasteiger partial charge < -0.3 is 19.5 Å². The van der Waals surface area contributed by atoms with Gasteiger partial charge in [0.1, 0.15) is 22.8 Å². The number of halogens is 6. The fraction of sp³-hybridized carbons (Fsp3) is 0.472. The number of pyridine rings is 1. The monoisotopic (exact) mass is 748 g/mol. The molecule has 52 heavy (non-hydrogen) atoms. The summed E-state index contributed by atoms with van der Waals surface area (Å²) in [6.07, 6.45) is -2.76. The number of carbonyl (C=O) groups excluding carboxylic acids is 2. The number of aryl methyl sites for hydroxylation is 2. The van der Waals surface area contributed by atoms with Crippen molar-refractivity contribution in [3.8, 4) is 5.75 Å². The lowest BCUT2D eigenvalue weighted by molar-refractivity contribution is -0.160. The Morgan fingerprint density at radius 1 is 1.04 bits per heavy atom. The maximum absolute atomic E-state index is 14.9.